The van der Waals surface area contributed by atoms with Gasteiger partial charge in [0.15, 0.2) is 0 Å². The summed E-state index contributed by atoms with van der Waals surface area (Å²) >= 11 is 0. The molecule has 7 heteroatoms. The Morgan fingerprint density at radius 3 is 2.71 bits per heavy atom. The highest BCUT2D eigenvalue weighted by molar-refractivity contribution is 5.89. The highest BCUT2D eigenvalue weighted by Gasteiger charge is 2.52. The van der Waals surface area contributed by atoms with Gasteiger partial charge in [0.1, 0.15) is 0 Å². The molecule has 2 rings (SSSR count). The van der Waals surface area contributed by atoms with Gasteiger partial charge in [0.25, 0.3) is 5.91 Å². The maximum Gasteiger partial charge on any atom is 0.335 e. The Bertz CT molecular complexity index is 901. The fraction of sp³-hybridized carbons (Fsp3) is 0.500. The molecule has 0 aromatic heterocycles. The standard InChI is InChI=1S/C24H29F2NO4/c1-4-5-6-7-16(2)21(28)11-9-19-15-24(25,26)23(31)27(19)13-12-18-8-10-20(22(29)30)17(3)14-18/h8-11,14,16,19,21,28H,4,7,12-13,15H2,1-3H3,(H,29,30)/b11-9+/t16?,19-,21?/m0/s1. The molecule has 0 bridgehead atoms. The van der Waals surface area contributed by atoms with Gasteiger partial charge in [0, 0.05) is 25.8 Å². The lowest BCUT2D eigenvalue weighted by Gasteiger charge is -2.22. The second-order valence-electron chi connectivity index (χ2n) is 7.94. The van der Waals surface area contributed by atoms with Gasteiger partial charge in [-0.15, -0.1) is 11.8 Å². The van der Waals surface area contributed by atoms with E-state index in [0.717, 1.165) is 16.9 Å². The number of nitrogens with zero attached hydrogens (tertiary/aromatic N) is 1. The molecule has 168 valence electrons. The van der Waals surface area contributed by atoms with Crippen LogP contribution in [-0.4, -0.2) is 51.6 Å². The number of carboxylic acids is 1. The van der Waals surface area contributed by atoms with E-state index in [4.69, 9.17) is 5.11 Å². The Balaban J connectivity index is 2.08. The van der Waals surface area contributed by atoms with Gasteiger partial charge in [-0.2, -0.15) is 8.78 Å². The summed E-state index contributed by atoms with van der Waals surface area (Å²) in [5.74, 6) is 0.0384. The third kappa shape index (κ3) is 6.38. The summed E-state index contributed by atoms with van der Waals surface area (Å²) in [4.78, 5) is 24.5. The van der Waals surface area contributed by atoms with E-state index in [9.17, 15) is 23.5 Å². The van der Waals surface area contributed by atoms with Gasteiger partial charge in [-0.3, -0.25) is 4.79 Å². The Hall–Kier alpha value is -2.72. The lowest BCUT2D eigenvalue weighted by molar-refractivity contribution is -0.148. The van der Waals surface area contributed by atoms with Crippen molar-refractivity contribution in [1.29, 1.82) is 0 Å². The topological polar surface area (TPSA) is 77.8 Å². The molecule has 31 heavy (non-hydrogen) atoms. The maximum absolute atomic E-state index is 14.1. The van der Waals surface area contributed by atoms with E-state index < -0.39 is 36.4 Å². The van der Waals surface area contributed by atoms with Crippen LogP contribution in [0, 0.1) is 24.7 Å². The number of aliphatic hydroxyl groups is 1. The molecule has 1 aromatic rings. The lowest BCUT2D eigenvalue weighted by Crippen LogP contribution is -2.37. The number of halogens is 2. The predicted molar refractivity (Wildman–Crippen MR) is 114 cm³/mol. The zero-order chi connectivity index (χ0) is 23.2. The minimum atomic E-state index is -3.44. The number of carbonyl (C=O) groups is 2. The zero-order valence-electron chi connectivity index (χ0n) is 18.1. The predicted octanol–water partition coefficient (Wildman–Crippen LogP) is 3.83. The molecule has 2 unspecified atom stereocenters. The fourth-order valence-corrected chi connectivity index (χ4v) is 3.54. The smallest absolute Gasteiger partial charge is 0.335 e. The van der Waals surface area contributed by atoms with E-state index in [1.807, 2.05) is 13.8 Å². The number of carboxylic acid groups (broad SMARTS) is 1. The van der Waals surface area contributed by atoms with E-state index in [-0.39, 0.29) is 18.0 Å². The van der Waals surface area contributed by atoms with Gasteiger partial charge in [-0.1, -0.05) is 38.1 Å². The number of hydrogen-bond acceptors (Lipinski definition) is 3. The van der Waals surface area contributed by atoms with Gasteiger partial charge < -0.3 is 15.1 Å². The quantitative estimate of drug-likeness (QED) is 0.483. The van der Waals surface area contributed by atoms with Crippen LogP contribution >= 0.6 is 0 Å². The summed E-state index contributed by atoms with van der Waals surface area (Å²) in [5.41, 5.74) is 1.51. The first-order chi connectivity index (χ1) is 14.6. The fourth-order valence-electron chi connectivity index (χ4n) is 3.54. The third-order valence-corrected chi connectivity index (χ3v) is 5.44. The van der Waals surface area contributed by atoms with Crippen molar-refractivity contribution in [1.82, 2.24) is 4.90 Å². The summed E-state index contributed by atoms with van der Waals surface area (Å²) in [5, 5.41) is 19.4. The number of carbonyl (C=O) groups excluding carboxylic acids is 1. The average molecular weight is 433 g/mol. The first-order valence-corrected chi connectivity index (χ1v) is 10.4. The second kappa shape index (κ2) is 10.5. The van der Waals surface area contributed by atoms with Crippen molar-refractivity contribution in [2.75, 3.05) is 6.54 Å². The van der Waals surface area contributed by atoms with E-state index in [0.29, 0.717) is 18.4 Å². The van der Waals surface area contributed by atoms with Crippen molar-refractivity contribution in [3.8, 4) is 11.8 Å². The molecule has 1 amide bonds. The summed E-state index contributed by atoms with van der Waals surface area (Å²) in [6.07, 6.45) is 3.01. The summed E-state index contributed by atoms with van der Waals surface area (Å²) in [6.45, 7) is 5.50. The molecule has 1 aliphatic heterocycles. The molecular formula is C24H29F2NO4. The highest BCUT2D eigenvalue weighted by Crippen LogP contribution is 2.34. The number of aliphatic hydroxyl groups excluding tert-OH is 1. The van der Waals surface area contributed by atoms with Gasteiger partial charge in [-0.05, 0) is 36.5 Å². The van der Waals surface area contributed by atoms with Crippen LogP contribution in [0.15, 0.2) is 30.4 Å². The number of aromatic carboxylic acids is 1. The maximum atomic E-state index is 14.1. The first kappa shape index (κ1) is 24.5. The Morgan fingerprint density at radius 1 is 1.39 bits per heavy atom. The normalized spacial score (nSPS) is 19.9. The zero-order valence-corrected chi connectivity index (χ0v) is 18.1. The minimum absolute atomic E-state index is 0.0723. The number of benzene rings is 1. The van der Waals surface area contributed by atoms with E-state index >= 15 is 0 Å². The largest absolute Gasteiger partial charge is 0.478 e. The van der Waals surface area contributed by atoms with Crippen LogP contribution in [0.5, 0.6) is 0 Å². The first-order valence-electron chi connectivity index (χ1n) is 10.4. The molecule has 0 radical (unpaired) electrons. The summed E-state index contributed by atoms with van der Waals surface area (Å²) in [6, 6.07) is 3.98. The minimum Gasteiger partial charge on any atom is -0.478 e. The van der Waals surface area contributed by atoms with Crippen molar-refractivity contribution in [3.05, 3.63) is 47.0 Å². The molecule has 1 aromatic carbocycles. The molecule has 1 fully saturated rings. The molecular weight excluding hydrogens is 404 g/mol. The Labute approximate surface area is 181 Å². The average Bonchev–Trinajstić information content (AvgIpc) is 2.92. The van der Waals surface area contributed by atoms with Crippen LogP contribution in [0.3, 0.4) is 0 Å². The SMILES string of the molecule is CCC#CCC(C)C(O)/C=C/[C@H]1CC(F)(F)C(=O)N1CCc1ccc(C(=O)O)c(C)c1. The van der Waals surface area contributed by atoms with Crippen molar-refractivity contribution in [2.45, 2.75) is 64.5 Å². The van der Waals surface area contributed by atoms with Crippen LogP contribution in [0.2, 0.25) is 0 Å². The van der Waals surface area contributed by atoms with Gasteiger partial charge >= 0.3 is 11.9 Å². The highest BCUT2D eigenvalue weighted by atomic mass is 19.3. The number of aryl methyl sites for hydroxylation is 1. The second-order valence-corrected chi connectivity index (χ2v) is 7.94. The van der Waals surface area contributed by atoms with Crippen molar-refractivity contribution >= 4 is 11.9 Å². The van der Waals surface area contributed by atoms with Crippen LogP contribution < -0.4 is 0 Å². The molecule has 1 aliphatic rings. The molecule has 0 saturated carbocycles. The van der Waals surface area contributed by atoms with E-state index in [1.165, 1.54) is 18.2 Å². The molecule has 5 nitrogen and oxygen atoms in total. The van der Waals surface area contributed by atoms with Gasteiger partial charge in [0.2, 0.25) is 0 Å². The molecule has 2 N–H and O–H groups in total. The van der Waals surface area contributed by atoms with Crippen LogP contribution in [0.4, 0.5) is 8.78 Å². The molecule has 0 aliphatic carbocycles. The van der Waals surface area contributed by atoms with Gasteiger partial charge in [0.05, 0.1) is 17.7 Å². The van der Waals surface area contributed by atoms with Crippen molar-refractivity contribution in [3.63, 3.8) is 0 Å². The Morgan fingerprint density at radius 2 is 2.10 bits per heavy atom. The van der Waals surface area contributed by atoms with Crippen molar-refractivity contribution in [2.24, 2.45) is 5.92 Å². The van der Waals surface area contributed by atoms with Crippen LogP contribution in [0.25, 0.3) is 0 Å². The summed E-state index contributed by atoms with van der Waals surface area (Å²) < 4.78 is 28.2. The number of rotatable bonds is 8. The third-order valence-electron chi connectivity index (χ3n) is 5.44. The number of hydrogen-bond donors (Lipinski definition) is 2. The van der Waals surface area contributed by atoms with Crippen molar-refractivity contribution < 1.29 is 28.6 Å². The van der Waals surface area contributed by atoms with E-state index in [1.54, 1.807) is 19.1 Å². The van der Waals surface area contributed by atoms with Gasteiger partial charge in [-0.25, -0.2) is 4.79 Å². The number of alkyl halides is 2. The monoisotopic (exact) mass is 433 g/mol. The number of likely N-dealkylation sites (tertiary alicyclic amines) is 1. The van der Waals surface area contributed by atoms with Crippen LogP contribution in [-0.2, 0) is 11.2 Å². The van der Waals surface area contributed by atoms with Crippen LogP contribution in [0.1, 0.15) is 54.6 Å². The van der Waals surface area contributed by atoms with E-state index in [2.05, 4.69) is 11.8 Å². The molecule has 3 atom stereocenters. The lowest BCUT2D eigenvalue weighted by atomic mass is 9.99. The summed E-state index contributed by atoms with van der Waals surface area (Å²) in [7, 11) is 0. The molecule has 0 spiro atoms. The molecule has 1 heterocycles. The molecule has 1 saturated heterocycles. The number of amides is 1. The Kier molecular flexibility index (Phi) is 8.35.